The lowest BCUT2D eigenvalue weighted by atomic mass is 10.2. The van der Waals surface area contributed by atoms with E-state index in [2.05, 4.69) is 10.3 Å². The third kappa shape index (κ3) is 3.29. The van der Waals surface area contributed by atoms with Gasteiger partial charge in [0.15, 0.2) is 6.10 Å². The minimum Gasteiger partial charge on any atom is -0.449 e. The highest BCUT2D eigenvalue weighted by Crippen LogP contribution is 2.18. The molecule has 0 bridgehead atoms. The monoisotopic (exact) mass is 248 g/mol. The summed E-state index contributed by atoms with van der Waals surface area (Å²) in [7, 11) is 0. The summed E-state index contributed by atoms with van der Waals surface area (Å²) in [5, 5.41) is 2.79. The minimum atomic E-state index is -0.778. The highest BCUT2D eigenvalue weighted by atomic mass is 16.5. The summed E-state index contributed by atoms with van der Waals surface area (Å²) >= 11 is 0. The first-order valence-electron chi connectivity index (χ1n) is 6.00. The molecule has 1 aliphatic rings. The topological polar surface area (TPSA) is 68.3 Å². The number of esters is 1. The van der Waals surface area contributed by atoms with E-state index in [0.29, 0.717) is 5.56 Å². The van der Waals surface area contributed by atoms with Gasteiger partial charge in [0, 0.05) is 17.9 Å². The average molecular weight is 248 g/mol. The van der Waals surface area contributed by atoms with Crippen molar-refractivity contribution in [2.24, 2.45) is 0 Å². The van der Waals surface area contributed by atoms with Crippen LogP contribution in [0.2, 0.25) is 0 Å². The molecule has 0 radical (unpaired) electrons. The van der Waals surface area contributed by atoms with Crippen molar-refractivity contribution in [1.29, 1.82) is 0 Å². The van der Waals surface area contributed by atoms with E-state index in [4.69, 9.17) is 4.74 Å². The number of nitrogens with zero attached hydrogens (tertiary/aromatic N) is 1. The molecular weight excluding hydrogens is 232 g/mol. The Bertz CT molecular complexity index is 452. The van der Waals surface area contributed by atoms with Crippen molar-refractivity contribution in [3.05, 3.63) is 29.6 Å². The molecule has 1 fully saturated rings. The summed E-state index contributed by atoms with van der Waals surface area (Å²) in [5.74, 6) is -0.771. The molecule has 96 valence electrons. The minimum absolute atomic E-state index is 0.245. The van der Waals surface area contributed by atoms with Gasteiger partial charge in [-0.3, -0.25) is 9.78 Å². The summed E-state index contributed by atoms with van der Waals surface area (Å²) in [5.41, 5.74) is 1.18. The molecule has 0 aliphatic heterocycles. The standard InChI is InChI=1S/C13H16N2O3/c1-8-3-4-10(7-14-8)13(17)18-9(2)12(16)15-11-5-6-11/h3-4,7,9,11H,5-6H2,1-2H3,(H,15,16)/t9-/m0/s1. The molecule has 0 aromatic carbocycles. The van der Waals surface area contributed by atoms with E-state index in [0.717, 1.165) is 18.5 Å². The number of pyridine rings is 1. The van der Waals surface area contributed by atoms with Crippen molar-refractivity contribution < 1.29 is 14.3 Å². The Kier molecular flexibility index (Phi) is 3.60. The molecule has 0 spiro atoms. The van der Waals surface area contributed by atoms with Gasteiger partial charge in [-0.15, -0.1) is 0 Å². The largest absolute Gasteiger partial charge is 0.449 e. The molecule has 1 aliphatic carbocycles. The van der Waals surface area contributed by atoms with Crippen molar-refractivity contribution in [1.82, 2.24) is 10.3 Å². The Labute approximate surface area is 106 Å². The number of amides is 1. The molecule has 1 N–H and O–H groups in total. The predicted molar refractivity (Wildman–Crippen MR) is 65.0 cm³/mol. The molecule has 1 heterocycles. The highest BCUT2D eigenvalue weighted by Gasteiger charge is 2.27. The third-order valence-corrected chi connectivity index (χ3v) is 2.72. The quantitative estimate of drug-likeness (QED) is 0.813. The van der Waals surface area contributed by atoms with Crippen LogP contribution in [-0.2, 0) is 9.53 Å². The zero-order valence-corrected chi connectivity index (χ0v) is 10.5. The van der Waals surface area contributed by atoms with E-state index in [1.165, 1.54) is 6.20 Å². The van der Waals surface area contributed by atoms with Crippen LogP contribution in [0.25, 0.3) is 0 Å². The van der Waals surface area contributed by atoms with Gasteiger partial charge in [-0.25, -0.2) is 4.79 Å². The van der Waals surface area contributed by atoms with E-state index in [9.17, 15) is 9.59 Å². The van der Waals surface area contributed by atoms with Gasteiger partial charge in [-0.2, -0.15) is 0 Å². The number of aromatic nitrogens is 1. The Morgan fingerprint density at radius 3 is 2.72 bits per heavy atom. The summed E-state index contributed by atoms with van der Waals surface area (Å²) in [6.07, 6.45) is 2.69. The van der Waals surface area contributed by atoms with Gasteiger partial charge in [-0.05, 0) is 38.8 Å². The zero-order chi connectivity index (χ0) is 13.1. The van der Waals surface area contributed by atoms with Crippen LogP contribution in [0.3, 0.4) is 0 Å². The first-order valence-corrected chi connectivity index (χ1v) is 6.00. The second-order valence-electron chi connectivity index (χ2n) is 4.52. The summed E-state index contributed by atoms with van der Waals surface area (Å²) < 4.78 is 5.08. The van der Waals surface area contributed by atoms with Crippen LogP contribution in [-0.4, -0.2) is 29.0 Å². The number of ether oxygens (including phenoxy) is 1. The molecule has 1 amide bonds. The number of aryl methyl sites for hydroxylation is 1. The maximum Gasteiger partial charge on any atom is 0.340 e. The summed E-state index contributed by atoms with van der Waals surface area (Å²) in [6.45, 7) is 3.40. The lowest BCUT2D eigenvalue weighted by Crippen LogP contribution is -2.37. The smallest absolute Gasteiger partial charge is 0.340 e. The lowest BCUT2D eigenvalue weighted by molar-refractivity contribution is -0.129. The van der Waals surface area contributed by atoms with E-state index < -0.39 is 12.1 Å². The molecule has 1 saturated carbocycles. The predicted octanol–water partition coefficient (Wildman–Crippen LogP) is 1.21. The van der Waals surface area contributed by atoms with Gasteiger partial charge in [0.25, 0.3) is 5.91 Å². The molecule has 5 nitrogen and oxygen atoms in total. The van der Waals surface area contributed by atoms with Crippen molar-refractivity contribution in [3.8, 4) is 0 Å². The normalized spacial score (nSPS) is 15.9. The molecule has 0 saturated heterocycles. The van der Waals surface area contributed by atoms with Crippen LogP contribution in [0.5, 0.6) is 0 Å². The van der Waals surface area contributed by atoms with E-state index in [-0.39, 0.29) is 11.9 Å². The maximum absolute atomic E-state index is 11.7. The third-order valence-electron chi connectivity index (χ3n) is 2.72. The number of hydrogen-bond acceptors (Lipinski definition) is 4. The first-order chi connectivity index (χ1) is 8.56. The van der Waals surface area contributed by atoms with Crippen molar-refractivity contribution >= 4 is 11.9 Å². The number of carbonyl (C=O) groups is 2. The fourth-order valence-electron chi connectivity index (χ4n) is 1.42. The van der Waals surface area contributed by atoms with Crippen LogP contribution in [0.15, 0.2) is 18.3 Å². The van der Waals surface area contributed by atoms with Crippen LogP contribution < -0.4 is 5.32 Å². The van der Waals surface area contributed by atoms with Crippen LogP contribution in [0.4, 0.5) is 0 Å². The first kappa shape index (κ1) is 12.5. The molecule has 2 rings (SSSR count). The van der Waals surface area contributed by atoms with Gasteiger partial charge >= 0.3 is 5.97 Å². The van der Waals surface area contributed by atoms with Crippen molar-refractivity contribution in [2.75, 3.05) is 0 Å². The molecule has 1 aromatic heterocycles. The Hall–Kier alpha value is -1.91. The molecule has 5 heteroatoms. The Balaban J connectivity index is 1.89. The average Bonchev–Trinajstić information content (AvgIpc) is 3.13. The Morgan fingerprint density at radius 2 is 2.17 bits per heavy atom. The highest BCUT2D eigenvalue weighted by molar-refractivity contribution is 5.92. The second-order valence-corrected chi connectivity index (χ2v) is 4.52. The fourth-order valence-corrected chi connectivity index (χ4v) is 1.42. The summed E-state index contributed by atoms with van der Waals surface area (Å²) in [6, 6.07) is 3.63. The maximum atomic E-state index is 11.7. The lowest BCUT2D eigenvalue weighted by Gasteiger charge is -2.12. The van der Waals surface area contributed by atoms with Gasteiger partial charge in [0.1, 0.15) is 0 Å². The van der Waals surface area contributed by atoms with Crippen LogP contribution in [0.1, 0.15) is 35.8 Å². The fraction of sp³-hybridized carbons (Fsp3) is 0.462. The molecule has 0 unspecified atom stereocenters. The number of rotatable bonds is 4. The molecule has 1 atom stereocenters. The molecule has 1 aromatic rings. The SMILES string of the molecule is Cc1ccc(C(=O)O[C@@H](C)C(=O)NC2CC2)cn1. The Morgan fingerprint density at radius 1 is 1.44 bits per heavy atom. The van der Waals surface area contributed by atoms with Crippen LogP contribution in [0, 0.1) is 6.92 Å². The molecule has 18 heavy (non-hydrogen) atoms. The summed E-state index contributed by atoms with van der Waals surface area (Å²) in [4.78, 5) is 27.3. The van der Waals surface area contributed by atoms with Crippen molar-refractivity contribution in [2.45, 2.75) is 38.8 Å². The van der Waals surface area contributed by atoms with Crippen molar-refractivity contribution in [3.63, 3.8) is 0 Å². The number of carbonyl (C=O) groups excluding carboxylic acids is 2. The second kappa shape index (κ2) is 5.16. The zero-order valence-electron chi connectivity index (χ0n) is 10.5. The number of nitrogens with one attached hydrogen (secondary N) is 1. The van der Waals surface area contributed by atoms with E-state index in [1.807, 2.05) is 6.92 Å². The number of hydrogen-bond donors (Lipinski definition) is 1. The van der Waals surface area contributed by atoms with Gasteiger partial charge in [0.05, 0.1) is 5.56 Å². The van der Waals surface area contributed by atoms with E-state index in [1.54, 1.807) is 19.1 Å². The van der Waals surface area contributed by atoms with Gasteiger partial charge in [0.2, 0.25) is 0 Å². The van der Waals surface area contributed by atoms with E-state index >= 15 is 0 Å². The van der Waals surface area contributed by atoms with Crippen LogP contribution >= 0.6 is 0 Å². The molecular formula is C13H16N2O3. The van der Waals surface area contributed by atoms with Gasteiger partial charge in [-0.1, -0.05) is 0 Å². The van der Waals surface area contributed by atoms with Gasteiger partial charge < -0.3 is 10.1 Å².